The van der Waals surface area contributed by atoms with Crippen LogP contribution in [0.15, 0.2) is 35.9 Å². The van der Waals surface area contributed by atoms with Crippen LogP contribution in [-0.2, 0) is 4.79 Å². The standard InChI is InChI=1S/C21H25F3N4O3/c1-13-2-4-15(5-3-13)18(26)28(11-10-21(22,23)24)20(31)27-12-17(25)14-6-8-16(9-7-14)19(29)30/h2-6,16,25-26H,7-12H2,1H3,(H,27,31)(H,29,30). The first-order valence-corrected chi connectivity index (χ1v) is 9.75. The minimum Gasteiger partial charge on any atom is -0.481 e. The molecule has 0 bridgehead atoms. The van der Waals surface area contributed by atoms with Crippen LogP contribution in [0.1, 0.15) is 36.8 Å². The zero-order valence-electron chi connectivity index (χ0n) is 17.1. The Morgan fingerprint density at radius 1 is 1.23 bits per heavy atom. The molecule has 10 heteroatoms. The number of hydrogen-bond acceptors (Lipinski definition) is 4. The predicted molar refractivity (Wildman–Crippen MR) is 110 cm³/mol. The van der Waals surface area contributed by atoms with Crippen LogP contribution in [0, 0.1) is 23.7 Å². The topological polar surface area (TPSA) is 117 Å². The highest BCUT2D eigenvalue weighted by atomic mass is 19.4. The van der Waals surface area contributed by atoms with Crippen molar-refractivity contribution in [2.75, 3.05) is 13.1 Å². The van der Waals surface area contributed by atoms with Gasteiger partial charge in [0.2, 0.25) is 0 Å². The first kappa shape index (κ1) is 24.1. The second kappa shape index (κ2) is 10.2. The molecular weight excluding hydrogens is 413 g/mol. The number of carbonyl (C=O) groups is 2. The van der Waals surface area contributed by atoms with E-state index < -0.39 is 37.1 Å². The molecule has 4 N–H and O–H groups in total. The molecule has 2 amide bonds. The van der Waals surface area contributed by atoms with Gasteiger partial charge in [-0.05, 0) is 31.8 Å². The maximum atomic E-state index is 12.7. The number of alkyl halides is 3. The van der Waals surface area contributed by atoms with Crippen LogP contribution in [0.3, 0.4) is 0 Å². The highest BCUT2D eigenvalue weighted by Crippen LogP contribution is 2.24. The summed E-state index contributed by atoms with van der Waals surface area (Å²) >= 11 is 0. The number of halogens is 3. The summed E-state index contributed by atoms with van der Waals surface area (Å²) in [7, 11) is 0. The quantitative estimate of drug-likeness (QED) is 0.379. The third-order valence-electron chi connectivity index (χ3n) is 5.02. The first-order valence-electron chi connectivity index (χ1n) is 9.75. The van der Waals surface area contributed by atoms with Crippen LogP contribution in [0.2, 0.25) is 0 Å². The van der Waals surface area contributed by atoms with Crippen LogP contribution in [0.5, 0.6) is 0 Å². The molecule has 0 saturated carbocycles. The zero-order chi connectivity index (χ0) is 23.2. The molecular formula is C21H25F3N4O3. The SMILES string of the molecule is Cc1ccc(C(=N)N(CCC(F)(F)F)C(=O)NCC(=N)C2=CCC(C(=O)O)CC2)cc1. The van der Waals surface area contributed by atoms with Crippen LogP contribution < -0.4 is 5.32 Å². The Kier molecular flexibility index (Phi) is 7.95. The molecule has 1 aliphatic rings. The lowest BCUT2D eigenvalue weighted by Gasteiger charge is -2.25. The minimum absolute atomic E-state index is 0.0647. The summed E-state index contributed by atoms with van der Waals surface area (Å²) in [6.45, 7) is 0.871. The monoisotopic (exact) mass is 438 g/mol. The predicted octanol–water partition coefficient (Wildman–Crippen LogP) is 4.12. The number of aliphatic carboxylic acids is 1. The summed E-state index contributed by atoms with van der Waals surface area (Å²) in [5, 5.41) is 27.8. The number of carboxylic acids is 1. The van der Waals surface area contributed by atoms with Crippen molar-refractivity contribution in [2.45, 2.75) is 38.8 Å². The number of benzene rings is 1. The van der Waals surface area contributed by atoms with Gasteiger partial charge in [0.25, 0.3) is 0 Å². The summed E-state index contributed by atoms with van der Waals surface area (Å²) in [5.41, 5.74) is 1.87. The number of allylic oxidation sites excluding steroid dienone is 1. The van der Waals surface area contributed by atoms with E-state index in [0.29, 0.717) is 28.9 Å². The van der Waals surface area contributed by atoms with Crippen LogP contribution in [0.25, 0.3) is 0 Å². The van der Waals surface area contributed by atoms with Gasteiger partial charge < -0.3 is 15.8 Å². The molecule has 1 aromatic rings. The number of carboxylic acid groups (broad SMARTS) is 1. The third kappa shape index (κ3) is 7.23. The Morgan fingerprint density at radius 2 is 1.87 bits per heavy atom. The number of hydrogen-bond donors (Lipinski definition) is 4. The normalized spacial score (nSPS) is 16.3. The van der Waals surface area contributed by atoms with Gasteiger partial charge in [-0.2, -0.15) is 13.2 Å². The minimum atomic E-state index is -4.49. The van der Waals surface area contributed by atoms with Gasteiger partial charge in [-0.1, -0.05) is 35.9 Å². The van der Waals surface area contributed by atoms with Crippen molar-refractivity contribution < 1.29 is 27.9 Å². The summed E-state index contributed by atoms with van der Waals surface area (Å²) in [6, 6.07) is 5.59. The number of carbonyl (C=O) groups excluding carboxylic acids is 1. The Hall–Kier alpha value is -3.17. The molecule has 31 heavy (non-hydrogen) atoms. The second-order valence-electron chi connectivity index (χ2n) is 7.41. The lowest BCUT2D eigenvalue weighted by Crippen LogP contribution is -2.46. The van der Waals surface area contributed by atoms with Gasteiger partial charge in [-0.3, -0.25) is 15.1 Å². The maximum Gasteiger partial charge on any atom is 0.390 e. The van der Waals surface area contributed by atoms with Crippen molar-refractivity contribution in [3.05, 3.63) is 47.0 Å². The van der Waals surface area contributed by atoms with E-state index in [9.17, 15) is 22.8 Å². The van der Waals surface area contributed by atoms with Gasteiger partial charge in [0.1, 0.15) is 5.84 Å². The highest BCUT2D eigenvalue weighted by molar-refractivity contribution is 6.07. The molecule has 2 rings (SSSR count). The van der Waals surface area contributed by atoms with Crippen molar-refractivity contribution in [2.24, 2.45) is 5.92 Å². The van der Waals surface area contributed by atoms with Gasteiger partial charge in [0.05, 0.1) is 24.6 Å². The first-order chi connectivity index (χ1) is 14.5. The number of nitrogens with zero attached hydrogens (tertiary/aromatic N) is 1. The Balaban J connectivity index is 2.05. The number of amides is 2. The lowest BCUT2D eigenvalue weighted by molar-refractivity contribution is -0.142. The second-order valence-corrected chi connectivity index (χ2v) is 7.41. The van der Waals surface area contributed by atoms with Crippen molar-refractivity contribution in [1.82, 2.24) is 10.2 Å². The molecule has 0 saturated heterocycles. The van der Waals surface area contributed by atoms with E-state index in [4.69, 9.17) is 15.9 Å². The van der Waals surface area contributed by atoms with E-state index in [0.717, 1.165) is 5.56 Å². The summed E-state index contributed by atoms with van der Waals surface area (Å²) in [4.78, 5) is 24.3. The molecule has 0 fully saturated rings. The molecule has 168 valence electrons. The number of nitrogens with one attached hydrogen (secondary N) is 3. The smallest absolute Gasteiger partial charge is 0.390 e. The molecule has 1 aliphatic carbocycles. The van der Waals surface area contributed by atoms with Crippen LogP contribution >= 0.6 is 0 Å². The number of rotatable bonds is 7. The number of amidine groups is 1. The molecule has 0 radical (unpaired) electrons. The zero-order valence-corrected chi connectivity index (χ0v) is 17.1. The summed E-state index contributed by atoms with van der Waals surface area (Å²) < 4.78 is 38.2. The molecule has 7 nitrogen and oxygen atoms in total. The van der Waals surface area contributed by atoms with Gasteiger partial charge in [0, 0.05) is 12.1 Å². The van der Waals surface area contributed by atoms with Crippen molar-refractivity contribution in [1.29, 1.82) is 10.8 Å². The molecule has 1 atom stereocenters. The third-order valence-corrected chi connectivity index (χ3v) is 5.02. The average Bonchev–Trinajstić information content (AvgIpc) is 2.71. The van der Waals surface area contributed by atoms with Crippen molar-refractivity contribution >= 4 is 23.5 Å². The lowest BCUT2D eigenvalue weighted by atomic mass is 9.88. The number of aryl methyl sites for hydroxylation is 1. The van der Waals surface area contributed by atoms with Gasteiger partial charge in [0.15, 0.2) is 0 Å². The molecule has 0 heterocycles. The van der Waals surface area contributed by atoms with E-state index >= 15 is 0 Å². The van der Waals surface area contributed by atoms with Crippen molar-refractivity contribution in [3.63, 3.8) is 0 Å². The Labute approximate surface area is 178 Å². The molecule has 1 unspecified atom stereocenters. The fourth-order valence-electron chi connectivity index (χ4n) is 3.13. The van der Waals surface area contributed by atoms with Gasteiger partial charge in [-0.25, -0.2) is 4.79 Å². The molecule has 0 aromatic heterocycles. The largest absolute Gasteiger partial charge is 0.481 e. The van der Waals surface area contributed by atoms with Crippen LogP contribution in [0.4, 0.5) is 18.0 Å². The van der Waals surface area contributed by atoms with E-state index in [-0.39, 0.29) is 24.5 Å². The summed E-state index contributed by atoms with van der Waals surface area (Å²) in [5.74, 6) is -1.77. The van der Waals surface area contributed by atoms with Crippen molar-refractivity contribution in [3.8, 4) is 0 Å². The van der Waals surface area contributed by atoms with E-state index in [2.05, 4.69) is 5.32 Å². The highest BCUT2D eigenvalue weighted by Gasteiger charge is 2.31. The maximum absolute atomic E-state index is 12.7. The molecule has 1 aromatic carbocycles. The van der Waals surface area contributed by atoms with Gasteiger partial charge >= 0.3 is 18.2 Å². The fraction of sp³-hybridized carbons (Fsp3) is 0.429. The summed E-state index contributed by atoms with van der Waals surface area (Å²) in [6.07, 6.45) is -3.07. The number of urea groups is 1. The molecule has 0 aliphatic heterocycles. The fourth-order valence-corrected chi connectivity index (χ4v) is 3.13. The van der Waals surface area contributed by atoms with E-state index in [1.165, 1.54) is 0 Å². The Bertz CT molecular complexity index is 879. The van der Waals surface area contributed by atoms with Crippen LogP contribution in [-0.4, -0.2) is 52.8 Å². The van der Waals surface area contributed by atoms with E-state index in [1.54, 1.807) is 30.3 Å². The van der Waals surface area contributed by atoms with E-state index in [1.807, 2.05) is 6.92 Å². The molecule has 0 spiro atoms. The Morgan fingerprint density at radius 3 is 2.39 bits per heavy atom. The van der Waals surface area contributed by atoms with Gasteiger partial charge in [-0.15, -0.1) is 0 Å². The average molecular weight is 438 g/mol.